The number of anilines is 1. The summed E-state index contributed by atoms with van der Waals surface area (Å²) >= 11 is 0. The van der Waals surface area contributed by atoms with Crippen molar-refractivity contribution in [2.75, 3.05) is 12.4 Å². The number of fused-ring (bicyclic) bond motifs is 3. The molecule has 0 spiro atoms. The van der Waals surface area contributed by atoms with E-state index in [9.17, 15) is 14.4 Å². The van der Waals surface area contributed by atoms with Crippen molar-refractivity contribution in [1.29, 1.82) is 0 Å². The van der Waals surface area contributed by atoms with Crippen molar-refractivity contribution in [2.24, 2.45) is 7.05 Å². The molecule has 1 unspecified atom stereocenters. The minimum Gasteiger partial charge on any atom is -0.465 e. The molecule has 9 nitrogen and oxygen atoms in total. The fourth-order valence-electron chi connectivity index (χ4n) is 4.35. The Balaban J connectivity index is 1.93. The molecule has 2 heterocycles. The molecular formula is C27H30N4O5. The first-order chi connectivity index (χ1) is 16.9. The molecule has 0 saturated heterocycles. The van der Waals surface area contributed by atoms with E-state index >= 15 is 0 Å². The zero-order valence-electron chi connectivity index (χ0n) is 21.5. The van der Waals surface area contributed by atoms with Crippen LogP contribution in [0, 0.1) is 6.92 Å². The summed E-state index contributed by atoms with van der Waals surface area (Å²) in [6.07, 6.45) is 1.53. The van der Waals surface area contributed by atoms with Gasteiger partial charge in [-0.15, -0.1) is 0 Å². The Labute approximate surface area is 208 Å². The van der Waals surface area contributed by atoms with Crippen LogP contribution in [0.15, 0.2) is 47.5 Å². The minimum absolute atomic E-state index is 0.0644. The van der Waals surface area contributed by atoms with Gasteiger partial charge in [0.1, 0.15) is 11.9 Å². The summed E-state index contributed by atoms with van der Waals surface area (Å²) in [6.45, 7) is 9.19. The molecule has 0 amide bonds. The maximum atomic E-state index is 13.5. The van der Waals surface area contributed by atoms with Crippen molar-refractivity contribution >= 4 is 34.2 Å². The van der Waals surface area contributed by atoms with E-state index < -0.39 is 17.5 Å². The second-order valence-corrected chi connectivity index (χ2v) is 9.81. The van der Waals surface area contributed by atoms with Gasteiger partial charge in [0.2, 0.25) is 0 Å². The summed E-state index contributed by atoms with van der Waals surface area (Å²) in [6, 6.07) is 10.6. The molecule has 1 atom stereocenters. The lowest BCUT2D eigenvalue weighted by molar-refractivity contribution is 0.00650. The average molecular weight is 491 g/mol. The van der Waals surface area contributed by atoms with Gasteiger partial charge in [0.25, 0.3) is 5.56 Å². The maximum Gasteiger partial charge on any atom is 0.361 e. The average Bonchev–Trinajstić information content (AvgIpc) is 3.26. The van der Waals surface area contributed by atoms with Crippen molar-refractivity contribution in [3.8, 4) is 0 Å². The Hall–Kier alpha value is -4.14. The van der Waals surface area contributed by atoms with E-state index in [4.69, 9.17) is 9.47 Å². The predicted octanol–water partition coefficient (Wildman–Crippen LogP) is 4.41. The quantitative estimate of drug-likeness (QED) is 0.413. The number of para-hydroxylation sites is 1. The third-order valence-electron chi connectivity index (χ3n) is 5.88. The highest BCUT2D eigenvalue weighted by molar-refractivity contribution is 5.97. The van der Waals surface area contributed by atoms with Crippen molar-refractivity contribution < 1.29 is 19.1 Å². The molecule has 36 heavy (non-hydrogen) atoms. The molecule has 188 valence electrons. The second-order valence-electron chi connectivity index (χ2n) is 9.81. The van der Waals surface area contributed by atoms with Crippen LogP contribution < -0.4 is 10.9 Å². The summed E-state index contributed by atoms with van der Waals surface area (Å²) in [5.74, 6) is -1.06. The van der Waals surface area contributed by atoms with Crippen molar-refractivity contribution in [1.82, 2.24) is 14.0 Å². The van der Waals surface area contributed by atoms with E-state index in [1.54, 1.807) is 50.4 Å². The van der Waals surface area contributed by atoms with Crippen molar-refractivity contribution in [3.63, 3.8) is 0 Å². The van der Waals surface area contributed by atoms with Crippen LogP contribution in [0.3, 0.4) is 0 Å². The van der Waals surface area contributed by atoms with Gasteiger partial charge in [0.05, 0.1) is 29.6 Å². The lowest BCUT2D eigenvalue weighted by Crippen LogP contribution is -2.26. The molecule has 4 rings (SSSR count). The Bertz CT molecular complexity index is 1560. The molecule has 0 fully saturated rings. The van der Waals surface area contributed by atoms with E-state index in [2.05, 4.69) is 10.3 Å². The molecule has 0 aliphatic carbocycles. The normalized spacial score (nSPS) is 12.5. The van der Waals surface area contributed by atoms with Gasteiger partial charge < -0.3 is 14.8 Å². The summed E-state index contributed by atoms with van der Waals surface area (Å²) in [5.41, 5.74) is 2.77. The molecule has 4 aromatic rings. The van der Waals surface area contributed by atoms with Gasteiger partial charge in [-0.2, -0.15) is 0 Å². The number of hydrogen-bond acceptors (Lipinski definition) is 7. The molecular weight excluding hydrogens is 460 g/mol. The van der Waals surface area contributed by atoms with Crippen LogP contribution in [0.2, 0.25) is 0 Å². The summed E-state index contributed by atoms with van der Waals surface area (Å²) in [5, 5.41) is 3.87. The molecule has 0 bridgehead atoms. The Morgan fingerprint density at radius 3 is 2.47 bits per heavy atom. The SMILES string of the molecule is COC(=O)c1ccccc1NC(C)c1cc(C)cc2c(=O)n(C)c3c(C(=O)OC(C)(C)C)ncn3c12. The summed E-state index contributed by atoms with van der Waals surface area (Å²) < 4.78 is 13.6. The Morgan fingerprint density at radius 1 is 1.11 bits per heavy atom. The molecule has 0 aliphatic rings. The first kappa shape index (κ1) is 25.0. The molecule has 0 saturated carbocycles. The molecule has 0 radical (unpaired) electrons. The smallest absolute Gasteiger partial charge is 0.361 e. The third kappa shape index (κ3) is 4.44. The molecule has 2 aromatic heterocycles. The summed E-state index contributed by atoms with van der Waals surface area (Å²) in [7, 11) is 2.95. The van der Waals surface area contributed by atoms with Gasteiger partial charge in [-0.05, 0) is 63.9 Å². The number of carbonyl (C=O) groups is 2. The van der Waals surface area contributed by atoms with E-state index in [-0.39, 0.29) is 17.3 Å². The van der Waals surface area contributed by atoms with Crippen LogP contribution in [0.4, 0.5) is 5.69 Å². The van der Waals surface area contributed by atoms with Crippen LogP contribution in [0.5, 0.6) is 0 Å². The largest absolute Gasteiger partial charge is 0.465 e. The van der Waals surface area contributed by atoms with Gasteiger partial charge in [-0.3, -0.25) is 13.8 Å². The molecule has 0 aliphatic heterocycles. The lowest BCUT2D eigenvalue weighted by atomic mass is 10.00. The number of methoxy groups -OCH3 is 1. The number of nitrogens with zero attached hydrogens (tertiary/aromatic N) is 3. The Morgan fingerprint density at radius 2 is 1.81 bits per heavy atom. The topological polar surface area (TPSA) is 104 Å². The zero-order valence-corrected chi connectivity index (χ0v) is 21.5. The molecule has 9 heteroatoms. The minimum atomic E-state index is -0.712. The number of hydrogen-bond donors (Lipinski definition) is 1. The fourth-order valence-corrected chi connectivity index (χ4v) is 4.35. The number of ether oxygens (including phenoxy) is 2. The van der Waals surface area contributed by atoms with Crippen LogP contribution in [0.1, 0.15) is 65.7 Å². The molecule has 2 aromatic carbocycles. The van der Waals surface area contributed by atoms with Crippen LogP contribution in [-0.4, -0.2) is 38.6 Å². The third-order valence-corrected chi connectivity index (χ3v) is 5.88. The number of aryl methyl sites for hydroxylation is 2. The van der Waals surface area contributed by atoms with Gasteiger partial charge in [0.15, 0.2) is 11.3 Å². The Kier molecular flexibility index (Phi) is 6.34. The fraction of sp³-hybridized carbons (Fsp3) is 0.333. The van der Waals surface area contributed by atoms with Gasteiger partial charge >= 0.3 is 11.9 Å². The number of rotatable bonds is 5. The zero-order chi connectivity index (χ0) is 26.4. The van der Waals surface area contributed by atoms with Crippen LogP contribution in [-0.2, 0) is 16.5 Å². The van der Waals surface area contributed by atoms with Crippen molar-refractivity contribution in [3.05, 3.63) is 75.5 Å². The second kappa shape index (κ2) is 9.14. The van der Waals surface area contributed by atoms with Crippen LogP contribution in [0.25, 0.3) is 16.6 Å². The standard InChI is InChI=1S/C27H30N4O5/c1-15-12-18(16(2)29-20-11-9-8-10-17(20)25(33)35-7)22-19(13-15)24(32)30(6)23-21(28-14-31(22)23)26(34)36-27(3,4)5/h8-14,16,29H,1-7H3. The highest BCUT2D eigenvalue weighted by Gasteiger charge is 2.26. The van der Waals surface area contributed by atoms with E-state index in [1.807, 2.05) is 32.0 Å². The predicted molar refractivity (Wildman–Crippen MR) is 138 cm³/mol. The first-order valence-electron chi connectivity index (χ1n) is 11.6. The van der Waals surface area contributed by atoms with Gasteiger partial charge in [-0.1, -0.05) is 18.2 Å². The number of aromatic nitrogens is 3. The first-order valence-corrected chi connectivity index (χ1v) is 11.6. The molecule has 1 N–H and O–H groups in total. The number of benzene rings is 2. The van der Waals surface area contributed by atoms with Crippen LogP contribution >= 0.6 is 0 Å². The van der Waals surface area contributed by atoms with E-state index in [1.165, 1.54) is 18.0 Å². The number of carbonyl (C=O) groups excluding carboxylic acids is 2. The van der Waals surface area contributed by atoms with E-state index in [0.29, 0.717) is 27.8 Å². The highest BCUT2D eigenvalue weighted by atomic mass is 16.6. The highest BCUT2D eigenvalue weighted by Crippen LogP contribution is 2.30. The number of nitrogens with one attached hydrogen (secondary N) is 1. The lowest BCUT2D eigenvalue weighted by Gasteiger charge is -2.21. The van der Waals surface area contributed by atoms with Gasteiger partial charge in [-0.25, -0.2) is 14.6 Å². The summed E-state index contributed by atoms with van der Waals surface area (Å²) in [4.78, 5) is 43.0. The monoisotopic (exact) mass is 490 g/mol. The van der Waals surface area contributed by atoms with Gasteiger partial charge in [0, 0.05) is 12.7 Å². The van der Waals surface area contributed by atoms with Crippen molar-refractivity contribution in [2.45, 2.75) is 46.3 Å². The number of imidazole rings is 1. The number of esters is 2. The van der Waals surface area contributed by atoms with E-state index in [0.717, 1.165) is 11.1 Å². The maximum absolute atomic E-state index is 13.5.